The van der Waals surface area contributed by atoms with E-state index in [1.54, 1.807) is 0 Å². The fourth-order valence-electron chi connectivity index (χ4n) is 1.13. The zero-order chi connectivity index (χ0) is 9.61. The van der Waals surface area contributed by atoms with Gasteiger partial charge in [-0.2, -0.15) is 0 Å². The minimum absolute atomic E-state index is 0.506. The van der Waals surface area contributed by atoms with Crippen LogP contribution >= 0.6 is 0 Å². The highest BCUT2D eigenvalue weighted by Crippen LogP contribution is 2.16. The zero-order valence-electron chi connectivity index (χ0n) is 7.97. The topological polar surface area (TPSA) is 63.3 Å². The lowest BCUT2D eigenvalue weighted by Crippen LogP contribution is -2.47. The van der Waals surface area contributed by atoms with Crippen molar-refractivity contribution >= 4 is 5.97 Å². The minimum atomic E-state index is -0.991. The Hall–Kier alpha value is -0.570. The van der Waals surface area contributed by atoms with Crippen LogP contribution in [0.1, 0.15) is 46.0 Å². The standard InChI is InChI=1S/C9H19NO2/c1-3-5-6-7-9(10,4-2)8(11)12/h3-7,10H2,1-2H3,(H,11,12). The van der Waals surface area contributed by atoms with Gasteiger partial charge < -0.3 is 10.8 Å². The first-order valence-corrected chi connectivity index (χ1v) is 4.59. The predicted octanol–water partition coefficient (Wildman–Crippen LogP) is 1.76. The molecule has 0 saturated heterocycles. The summed E-state index contributed by atoms with van der Waals surface area (Å²) in [5.41, 5.74) is 4.69. The summed E-state index contributed by atoms with van der Waals surface area (Å²) in [6, 6.07) is 0. The maximum Gasteiger partial charge on any atom is 0.323 e. The predicted molar refractivity (Wildman–Crippen MR) is 49.0 cm³/mol. The summed E-state index contributed by atoms with van der Waals surface area (Å²) in [6.45, 7) is 3.91. The highest BCUT2D eigenvalue weighted by molar-refractivity contribution is 5.78. The summed E-state index contributed by atoms with van der Waals surface area (Å²) in [6.07, 6.45) is 4.16. The maximum absolute atomic E-state index is 10.7. The van der Waals surface area contributed by atoms with Crippen LogP contribution in [0.5, 0.6) is 0 Å². The molecule has 0 fully saturated rings. The van der Waals surface area contributed by atoms with E-state index in [2.05, 4.69) is 6.92 Å². The van der Waals surface area contributed by atoms with Crippen LogP contribution in [0.15, 0.2) is 0 Å². The summed E-state index contributed by atoms with van der Waals surface area (Å²) in [4.78, 5) is 10.7. The monoisotopic (exact) mass is 173 g/mol. The molecule has 0 rings (SSSR count). The van der Waals surface area contributed by atoms with Gasteiger partial charge in [-0.1, -0.05) is 33.1 Å². The molecule has 0 saturated carbocycles. The lowest BCUT2D eigenvalue weighted by Gasteiger charge is -2.22. The van der Waals surface area contributed by atoms with Gasteiger partial charge in [-0.3, -0.25) is 4.79 Å². The van der Waals surface area contributed by atoms with Gasteiger partial charge in [0.2, 0.25) is 0 Å². The van der Waals surface area contributed by atoms with E-state index >= 15 is 0 Å². The van der Waals surface area contributed by atoms with Gasteiger partial charge in [0.15, 0.2) is 0 Å². The molecule has 0 amide bonds. The molecule has 72 valence electrons. The molecule has 0 aliphatic heterocycles. The van der Waals surface area contributed by atoms with Crippen molar-refractivity contribution in [2.75, 3.05) is 0 Å². The molecule has 0 heterocycles. The molecule has 0 aliphatic carbocycles. The Morgan fingerprint density at radius 1 is 1.42 bits per heavy atom. The van der Waals surface area contributed by atoms with E-state index in [9.17, 15) is 4.79 Å². The van der Waals surface area contributed by atoms with E-state index < -0.39 is 11.5 Å². The molecule has 12 heavy (non-hydrogen) atoms. The number of nitrogens with two attached hydrogens (primary N) is 1. The van der Waals surface area contributed by atoms with Gasteiger partial charge in [0.25, 0.3) is 0 Å². The zero-order valence-corrected chi connectivity index (χ0v) is 7.97. The average molecular weight is 173 g/mol. The molecule has 0 bridgehead atoms. The van der Waals surface area contributed by atoms with Crippen LogP contribution in [0.4, 0.5) is 0 Å². The van der Waals surface area contributed by atoms with Crippen molar-refractivity contribution in [1.82, 2.24) is 0 Å². The minimum Gasteiger partial charge on any atom is -0.480 e. The third-order valence-electron chi connectivity index (χ3n) is 2.28. The van der Waals surface area contributed by atoms with E-state index in [0.717, 1.165) is 19.3 Å². The van der Waals surface area contributed by atoms with Crippen LogP contribution in [0.25, 0.3) is 0 Å². The number of carboxylic acid groups (broad SMARTS) is 1. The Labute approximate surface area is 74.0 Å². The third kappa shape index (κ3) is 3.22. The Morgan fingerprint density at radius 2 is 2.00 bits per heavy atom. The van der Waals surface area contributed by atoms with Crippen LogP contribution in [-0.2, 0) is 4.79 Å². The number of carboxylic acids is 1. The van der Waals surface area contributed by atoms with Gasteiger partial charge in [-0.15, -0.1) is 0 Å². The quantitative estimate of drug-likeness (QED) is 0.601. The SMILES string of the molecule is CCCCCC(N)(CC)C(=O)O. The van der Waals surface area contributed by atoms with Gasteiger partial charge in [0, 0.05) is 0 Å². The molecule has 3 heteroatoms. The van der Waals surface area contributed by atoms with Crippen LogP contribution < -0.4 is 5.73 Å². The third-order valence-corrected chi connectivity index (χ3v) is 2.28. The molecular formula is C9H19NO2. The highest BCUT2D eigenvalue weighted by atomic mass is 16.4. The van der Waals surface area contributed by atoms with Crippen molar-refractivity contribution in [2.45, 2.75) is 51.5 Å². The normalized spacial score (nSPS) is 15.6. The van der Waals surface area contributed by atoms with E-state index in [1.165, 1.54) is 0 Å². The van der Waals surface area contributed by atoms with Gasteiger partial charge in [-0.05, 0) is 12.8 Å². The summed E-state index contributed by atoms with van der Waals surface area (Å²) < 4.78 is 0. The number of hydrogen-bond acceptors (Lipinski definition) is 2. The van der Waals surface area contributed by atoms with Gasteiger partial charge in [0.1, 0.15) is 5.54 Å². The Balaban J connectivity index is 3.88. The number of unbranched alkanes of at least 4 members (excludes halogenated alkanes) is 2. The fourth-order valence-corrected chi connectivity index (χ4v) is 1.13. The van der Waals surface area contributed by atoms with Crippen molar-refractivity contribution in [3.05, 3.63) is 0 Å². The smallest absolute Gasteiger partial charge is 0.323 e. The molecule has 0 aromatic heterocycles. The molecule has 3 N–H and O–H groups in total. The number of aliphatic carboxylic acids is 1. The lowest BCUT2D eigenvalue weighted by molar-refractivity contribution is -0.143. The van der Waals surface area contributed by atoms with E-state index in [-0.39, 0.29) is 0 Å². The first-order chi connectivity index (χ1) is 5.56. The van der Waals surface area contributed by atoms with Crippen molar-refractivity contribution < 1.29 is 9.90 Å². The number of rotatable bonds is 6. The van der Waals surface area contributed by atoms with E-state index in [4.69, 9.17) is 10.8 Å². The largest absolute Gasteiger partial charge is 0.480 e. The molecule has 1 atom stereocenters. The second-order valence-corrected chi connectivity index (χ2v) is 3.27. The first kappa shape index (κ1) is 11.4. The van der Waals surface area contributed by atoms with Gasteiger partial charge in [-0.25, -0.2) is 0 Å². The fraction of sp³-hybridized carbons (Fsp3) is 0.889. The average Bonchev–Trinajstić information content (AvgIpc) is 2.04. The van der Waals surface area contributed by atoms with Crippen LogP contribution in [-0.4, -0.2) is 16.6 Å². The summed E-state index contributed by atoms with van der Waals surface area (Å²) >= 11 is 0. The Bertz CT molecular complexity index is 147. The van der Waals surface area contributed by atoms with Crippen LogP contribution in [0, 0.1) is 0 Å². The second kappa shape index (κ2) is 5.14. The second-order valence-electron chi connectivity index (χ2n) is 3.27. The summed E-state index contributed by atoms with van der Waals surface area (Å²) in [5, 5.41) is 8.81. The van der Waals surface area contributed by atoms with Crippen molar-refractivity contribution in [1.29, 1.82) is 0 Å². The van der Waals surface area contributed by atoms with E-state index in [0.29, 0.717) is 12.8 Å². The molecule has 3 nitrogen and oxygen atoms in total. The molecule has 1 unspecified atom stereocenters. The van der Waals surface area contributed by atoms with Gasteiger partial charge in [0.05, 0.1) is 0 Å². The highest BCUT2D eigenvalue weighted by Gasteiger charge is 2.30. The summed E-state index contributed by atoms with van der Waals surface area (Å²) in [7, 11) is 0. The molecule has 0 radical (unpaired) electrons. The van der Waals surface area contributed by atoms with Crippen molar-refractivity contribution in [2.24, 2.45) is 5.73 Å². The van der Waals surface area contributed by atoms with Crippen LogP contribution in [0.3, 0.4) is 0 Å². The molecule has 0 aromatic rings. The number of hydrogen-bond donors (Lipinski definition) is 2. The number of carbonyl (C=O) groups is 1. The Kier molecular flexibility index (Phi) is 4.90. The van der Waals surface area contributed by atoms with Gasteiger partial charge >= 0.3 is 5.97 Å². The molecule has 0 aliphatic rings. The van der Waals surface area contributed by atoms with E-state index in [1.807, 2.05) is 6.92 Å². The molecule has 0 aromatic carbocycles. The lowest BCUT2D eigenvalue weighted by atomic mass is 9.91. The first-order valence-electron chi connectivity index (χ1n) is 4.59. The van der Waals surface area contributed by atoms with Crippen LogP contribution in [0.2, 0.25) is 0 Å². The van der Waals surface area contributed by atoms with Crippen molar-refractivity contribution in [3.63, 3.8) is 0 Å². The summed E-state index contributed by atoms with van der Waals surface area (Å²) in [5.74, 6) is -0.874. The molecular weight excluding hydrogens is 154 g/mol. The Morgan fingerprint density at radius 3 is 2.33 bits per heavy atom. The van der Waals surface area contributed by atoms with Crippen molar-refractivity contribution in [3.8, 4) is 0 Å². The maximum atomic E-state index is 10.7. The molecule has 0 spiro atoms.